The number of rotatable bonds is 2. The Balaban J connectivity index is 2.77. The molecule has 10 heavy (non-hydrogen) atoms. The van der Waals surface area contributed by atoms with E-state index < -0.39 is 5.91 Å². The van der Waals surface area contributed by atoms with Crippen LogP contribution >= 0.6 is 0 Å². The normalized spacial score (nSPS) is 10.2. The van der Waals surface area contributed by atoms with E-state index in [0.717, 1.165) is 0 Å². The van der Waals surface area contributed by atoms with E-state index in [1.165, 1.54) is 12.5 Å². The zero-order valence-corrected chi connectivity index (χ0v) is 5.50. The van der Waals surface area contributed by atoms with Gasteiger partial charge in [0.2, 0.25) is 11.8 Å². The maximum atomic E-state index is 10.5. The molecule has 53 valence electrons. The minimum absolute atomic E-state index is 0.285. The Hall–Kier alpha value is -1.32. The van der Waals surface area contributed by atoms with Crippen molar-refractivity contribution in [2.45, 2.75) is 6.92 Å². The van der Waals surface area contributed by atoms with E-state index in [4.69, 9.17) is 10.2 Å². The smallest absolute Gasteiger partial charge is 0.234 e. The Labute approximate surface area is 58.0 Å². The molecule has 0 aliphatic heterocycles. The number of carbonyl (C=O) groups excluding carboxylic acids is 1. The average molecular weight is 139 g/mol. The van der Waals surface area contributed by atoms with Crippen LogP contribution in [-0.2, 0) is 4.79 Å². The maximum absolute atomic E-state index is 10.5. The number of hydrogen-bond donors (Lipinski definition) is 1. The molecule has 0 fully saturated rings. The quantitative estimate of drug-likeness (QED) is 0.631. The third-order valence-corrected chi connectivity index (χ3v) is 1.12. The third-order valence-electron chi connectivity index (χ3n) is 1.12. The van der Waals surface area contributed by atoms with Crippen LogP contribution in [0.4, 0.5) is 0 Å². The van der Waals surface area contributed by atoms with E-state index in [2.05, 4.69) is 4.98 Å². The summed E-state index contributed by atoms with van der Waals surface area (Å²) in [7, 11) is 0. The molecule has 0 atom stereocenters. The summed E-state index contributed by atoms with van der Waals surface area (Å²) < 4.78 is 4.81. The molecule has 1 aromatic heterocycles. The molecule has 0 aliphatic carbocycles. The van der Waals surface area contributed by atoms with E-state index in [1.54, 1.807) is 6.92 Å². The predicted octanol–water partition coefficient (Wildman–Crippen LogP) is 0.102. The zero-order valence-electron chi connectivity index (χ0n) is 5.50. The van der Waals surface area contributed by atoms with Gasteiger partial charge < -0.3 is 10.2 Å². The lowest BCUT2D eigenvalue weighted by Crippen LogP contribution is -2.19. The summed E-state index contributed by atoms with van der Waals surface area (Å²) in [6.45, 7) is 1.56. The van der Waals surface area contributed by atoms with Gasteiger partial charge in [-0.3, -0.25) is 4.79 Å². The van der Waals surface area contributed by atoms with E-state index >= 15 is 0 Å². The third kappa shape index (κ3) is 1.15. The summed E-state index contributed by atoms with van der Waals surface area (Å²) >= 11 is 0. The van der Waals surface area contributed by atoms with Crippen molar-refractivity contribution in [3.8, 4) is 0 Å². The molecule has 0 saturated heterocycles. The van der Waals surface area contributed by atoms with Gasteiger partial charge in [0.1, 0.15) is 12.2 Å². The molecular weight excluding hydrogens is 132 g/mol. The minimum Gasteiger partial charge on any atom is -0.448 e. The Morgan fingerprint density at radius 3 is 2.90 bits per heavy atom. The molecule has 4 heteroatoms. The Morgan fingerprint density at radius 1 is 1.80 bits per heavy atom. The number of carbonyl (C=O) groups is 1. The SMILES string of the molecule is C[C](C(N)=O)c1ncco1. The van der Waals surface area contributed by atoms with Crippen molar-refractivity contribution < 1.29 is 9.21 Å². The highest BCUT2D eigenvalue weighted by atomic mass is 16.3. The molecule has 0 aliphatic rings. The van der Waals surface area contributed by atoms with Crippen LogP contribution in [0.25, 0.3) is 0 Å². The topological polar surface area (TPSA) is 69.1 Å². The molecule has 0 spiro atoms. The minimum atomic E-state index is -0.512. The van der Waals surface area contributed by atoms with Gasteiger partial charge in [0.15, 0.2) is 0 Å². The Bertz CT molecular complexity index is 218. The Kier molecular flexibility index (Phi) is 1.71. The number of hydrogen-bond acceptors (Lipinski definition) is 3. The second-order valence-electron chi connectivity index (χ2n) is 1.83. The van der Waals surface area contributed by atoms with Gasteiger partial charge in [-0.25, -0.2) is 4.98 Å². The largest absolute Gasteiger partial charge is 0.448 e. The fourth-order valence-corrected chi connectivity index (χ4v) is 0.514. The maximum Gasteiger partial charge on any atom is 0.234 e. The Morgan fingerprint density at radius 2 is 2.50 bits per heavy atom. The summed E-state index contributed by atoms with van der Waals surface area (Å²) in [4.78, 5) is 14.2. The van der Waals surface area contributed by atoms with Crippen LogP contribution in [0, 0.1) is 5.92 Å². The molecule has 1 radical (unpaired) electrons. The van der Waals surface area contributed by atoms with Crippen LogP contribution in [0.1, 0.15) is 12.8 Å². The van der Waals surface area contributed by atoms with Gasteiger partial charge in [-0.1, -0.05) is 0 Å². The van der Waals surface area contributed by atoms with E-state index in [-0.39, 0.29) is 5.89 Å². The first-order chi connectivity index (χ1) is 4.72. The van der Waals surface area contributed by atoms with Crippen LogP contribution in [0.3, 0.4) is 0 Å². The van der Waals surface area contributed by atoms with Crippen LogP contribution in [0.2, 0.25) is 0 Å². The molecule has 1 amide bonds. The fraction of sp³-hybridized carbons (Fsp3) is 0.167. The number of nitrogens with zero attached hydrogens (tertiary/aromatic N) is 1. The van der Waals surface area contributed by atoms with E-state index in [9.17, 15) is 4.79 Å². The first kappa shape index (κ1) is 6.80. The van der Waals surface area contributed by atoms with Gasteiger partial charge in [0, 0.05) is 0 Å². The molecule has 1 aromatic rings. The molecule has 0 unspecified atom stereocenters. The number of oxazole rings is 1. The molecule has 1 rings (SSSR count). The molecule has 0 aromatic carbocycles. The van der Waals surface area contributed by atoms with Crippen LogP contribution in [-0.4, -0.2) is 10.9 Å². The molecule has 2 N–H and O–H groups in total. The molecule has 4 nitrogen and oxygen atoms in total. The molecular formula is C6H7N2O2. The van der Waals surface area contributed by atoms with Crippen molar-refractivity contribution in [3.05, 3.63) is 24.3 Å². The second-order valence-corrected chi connectivity index (χ2v) is 1.83. The van der Waals surface area contributed by atoms with Crippen molar-refractivity contribution in [2.75, 3.05) is 0 Å². The monoisotopic (exact) mass is 139 g/mol. The van der Waals surface area contributed by atoms with Gasteiger partial charge in [0.05, 0.1) is 6.20 Å². The van der Waals surface area contributed by atoms with E-state index in [1.807, 2.05) is 0 Å². The first-order valence-corrected chi connectivity index (χ1v) is 2.75. The number of primary amides is 1. The van der Waals surface area contributed by atoms with Gasteiger partial charge in [-0.2, -0.15) is 0 Å². The van der Waals surface area contributed by atoms with Gasteiger partial charge in [0.25, 0.3) is 0 Å². The summed E-state index contributed by atoms with van der Waals surface area (Å²) in [5.41, 5.74) is 4.95. The van der Waals surface area contributed by atoms with Crippen LogP contribution in [0.5, 0.6) is 0 Å². The van der Waals surface area contributed by atoms with Crippen molar-refractivity contribution >= 4 is 5.91 Å². The van der Waals surface area contributed by atoms with Crippen molar-refractivity contribution in [2.24, 2.45) is 5.73 Å². The summed E-state index contributed by atoms with van der Waals surface area (Å²) in [5, 5.41) is 0. The number of nitrogens with two attached hydrogens (primary N) is 1. The molecule has 0 saturated carbocycles. The highest BCUT2D eigenvalue weighted by Gasteiger charge is 2.16. The second kappa shape index (κ2) is 2.51. The summed E-state index contributed by atoms with van der Waals surface area (Å²) in [6.07, 6.45) is 2.85. The fourth-order valence-electron chi connectivity index (χ4n) is 0.514. The lowest BCUT2D eigenvalue weighted by molar-refractivity contribution is -0.116. The standard InChI is InChI=1S/C6H7N2O2/c1-4(5(7)9)6-8-2-3-10-6/h2-3H,1H3,(H2,7,9). The average Bonchev–Trinajstić information content (AvgIpc) is 2.36. The van der Waals surface area contributed by atoms with Crippen molar-refractivity contribution in [3.63, 3.8) is 0 Å². The van der Waals surface area contributed by atoms with E-state index in [0.29, 0.717) is 5.92 Å². The van der Waals surface area contributed by atoms with Gasteiger partial charge in [-0.15, -0.1) is 0 Å². The van der Waals surface area contributed by atoms with Crippen molar-refractivity contribution in [1.82, 2.24) is 4.98 Å². The lowest BCUT2D eigenvalue weighted by atomic mass is 10.2. The summed E-state index contributed by atoms with van der Waals surface area (Å²) in [5.74, 6) is 0.111. The predicted molar refractivity (Wildman–Crippen MR) is 33.7 cm³/mol. The molecule has 0 bridgehead atoms. The highest BCUT2D eigenvalue weighted by molar-refractivity contribution is 5.90. The van der Waals surface area contributed by atoms with Crippen LogP contribution in [0.15, 0.2) is 16.9 Å². The number of aromatic nitrogens is 1. The number of amides is 1. The van der Waals surface area contributed by atoms with Crippen molar-refractivity contribution in [1.29, 1.82) is 0 Å². The van der Waals surface area contributed by atoms with Crippen LogP contribution < -0.4 is 5.73 Å². The lowest BCUT2D eigenvalue weighted by Gasteiger charge is -1.97. The van der Waals surface area contributed by atoms with Gasteiger partial charge in [-0.05, 0) is 6.92 Å². The summed E-state index contributed by atoms with van der Waals surface area (Å²) in [6, 6.07) is 0. The molecule has 1 heterocycles. The zero-order chi connectivity index (χ0) is 7.56. The highest BCUT2D eigenvalue weighted by Crippen LogP contribution is 2.09. The van der Waals surface area contributed by atoms with Gasteiger partial charge >= 0.3 is 0 Å². The first-order valence-electron chi connectivity index (χ1n) is 2.75.